The first-order valence-electron chi connectivity index (χ1n) is 9.13. The maximum Gasteiger partial charge on any atom is 0.273 e. The van der Waals surface area contributed by atoms with Gasteiger partial charge in [-0.25, -0.2) is 0 Å². The first kappa shape index (κ1) is 18.1. The van der Waals surface area contributed by atoms with Crippen LogP contribution in [0.15, 0.2) is 18.3 Å². The summed E-state index contributed by atoms with van der Waals surface area (Å²) in [5, 5.41) is 0. The first-order chi connectivity index (χ1) is 11.9. The fourth-order valence-electron chi connectivity index (χ4n) is 3.39. The molecule has 3 rings (SSSR count). The van der Waals surface area contributed by atoms with Gasteiger partial charge in [-0.1, -0.05) is 0 Å². The van der Waals surface area contributed by atoms with Crippen LogP contribution in [-0.4, -0.2) is 53.0 Å². The Morgan fingerprint density at radius 2 is 1.88 bits per heavy atom. The molecule has 0 N–H and O–H groups in total. The number of amides is 1. The minimum Gasteiger partial charge on any atom is -0.485 e. The van der Waals surface area contributed by atoms with Gasteiger partial charge in [-0.2, -0.15) is 0 Å². The molecule has 1 saturated carbocycles. The number of carbonyl (C=O) groups is 1. The fraction of sp³-hybridized carbons (Fsp3) is 0.684. The SMILES string of the molecule is CC(C)N(C(=O)c1cc(OC2COC3(CCC3)OC2)ccn1)C(C)C. The maximum absolute atomic E-state index is 12.8. The monoisotopic (exact) mass is 348 g/mol. The summed E-state index contributed by atoms with van der Waals surface area (Å²) in [5.74, 6) is 0.182. The molecule has 1 aliphatic carbocycles. The molecule has 6 heteroatoms. The molecule has 1 aromatic rings. The highest BCUT2D eigenvalue weighted by molar-refractivity contribution is 5.93. The Balaban J connectivity index is 1.64. The average Bonchev–Trinajstić information content (AvgIpc) is 2.54. The van der Waals surface area contributed by atoms with Gasteiger partial charge < -0.3 is 19.1 Å². The third-order valence-corrected chi connectivity index (χ3v) is 4.78. The number of aromatic nitrogens is 1. The Labute approximate surface area is 149 Å². The Kier molecular flexibility index (Phi) is 5.29. The smallest absolute Gasteiger partial charge is 0.273 e. The summed E-state index contributed by atoms with van der Waals surface area (Å²) in [5.41, 5.74) is 0.396. The number of carbonyl (C=O) groups excluding carboxylic acids is 1. The molecule has 0 unspecified atom stereocenters. The molecule has 0 aromatic carbocycles. The van der Waals surface area contributed by atoms with E-state index in [9.17, 15) is 4.79 Å². The van der Waals surface area contributed by atoms with Crippen LogP contribution < -0.4 is 4.74 Å². The van der Waals surface area contributed by atoms with Crippen molar-refractivity contribution in [3.63, 3.8) is 0 Å². The summed E-state index contributed by atoms with van der Waals surface area (Å²) in [7, 11) is 0. The van der Waals surface area contributed by atoms with Gasteiger partial charge >= 0.3 is 0 Å². The van der Waals surface area contributed by atoms with Crippen LogP contribution in [0.3, 0.4) is 0 Å². The van der Waals surface area contributed by atoms with Gasteiger partial charge in [-0.15, -0.1) is 0 Å². The van der Waals surface area contributed by atoms with Crippen LogP contribution in [-0.2, 0) is 9.47 Å². The third-order valence-electron chi connectivity index (χ3n) is 4.78. The Hall–Kier alpha value is -1.66. The largest absolute Gasteiger partial charge is 0.485 e. The molecule has 1 spiro atoms. The molecule has 1 aromatic heterocycles. The van der Waals surface area contributed by atoms with Gasteiger partial charge in [0.05, 0.1) is 13.2 Å². The second kappa shape index (κ2) is 7.30. The van der Waals surface area contributed by atoms with Gasteiger partial charge in [0.2, 0.25) is 0 Å². The van der Waals surface area contributed by atoms with Crippen molar-refractivity contribution in [2.45, 2.75) is 70.9 Å². The van der Waals surface area contributed by atoms with E-state index in [-0.39, 0.29) is 29.9 Å². The third kappa shape index (κ3) is 3.96. The van der Waals surface area contributed by atoms with Crippen LogP contribution in [0.4, 0.5) is 0 Å². The summed E-state index contributed by atoms with van der Waals surface area (Å²) in [4.78, 5) is 18.8. The van der Waals surface area contributed by atoms with E-state index in [1.165, 1.54) is 0 Å². The molecule has 2 heterocycles. The standard InChI is InChI=1S/C19H28N2O4/c1-13(2)21(14(3)4)18(22)17-10-15(6-9-20-17)25-16-11-23-19(24-12-16)7-5-8-19/h6,9-10,13-14,16H,5,7-8,11-12H2,1-4H3. The topological polar surface area (TPSA) is 60.9 Å². The van der Waals surface area contributed by atoms with Gasteiger partial charge in [0.1, 0.15) is 17.5 Å². The van der Waals surface area contributed by atoms with Crippen LogP contribution in [0.25, 0.3) is 0 Å². The number of nitrogens with zero attached hydrogens (tertiary/aromatic N) is 2. The molecule has 1 amide bonds. The van der Waals surface area contributed by atoms with E-state index < -0.39 is 0 Å². The molecule has 6 nitrogen and oxygen atoms in total. The van der Waals surface area contributed by atoms with Crippen LogP contribution >= 0.6 is 0 Å². The van der Waals surface area contributed by atoms with E-state index >= 15 is 0 Å². The summed E-state index contributed by atoms with van der Waals surface area (Å²) >= 11 is 0. The van der Waals surface area contributed by atoms with Crippen molar-refractivity contribution < 1.29 is 19.0 Å². The normalized spacial score (nSPS) is 19.9. The van der Waals surface area contributed by atoms with E-state index in [1.54, 1.807) is 18.3 Å². The van der Waals surface area contributed by atoms with Gasteiger partial charge in [-0.05, 0) is 40.2 Å². The number of hydrogen-bond donors (Lipinski definition) is 0. The van der Waals surface area contributed by atoms with Gasteiger partial charge in [0.25, 0.3) is 5.91 Å². The highest BCUT2D eigenvalue weighted by Gasteiger charge is 2.43. The van der Waals surface area contributed by atoms with Crippen molar-refractivity contribution >= 4 is 5.91 Å². The Morgan fingerprint density at radius 1 is 1.24 bits per heavy atom. The van der Waals surface area contributed by atoms with E-state index in [0.29, 0.717) is 24.7 Å². The zero-order chi connectivity index (χ0) is 18.0. The van der Waals surface area contributed by atoms with Crippen molar-refractivity contribution in [3.05, 3.63) is 24.0 Å². The number of ether oxygens (including phenoxy) is 3. The summed E-state index contributed by atoms with van der Waals surface area (Å²) < 4.78 is 17.6. The van der Waals surface area contributed by atoms with Crippen LogP contribution in [0, 0.1) is 0 Å². The molecule has 0 bridgehead atoms. The lowest BCUT2D eigenvalue weighted by Gasteiger charge is -2.45. The Bertz CT molecular complexity index is 595. The number of hydrogen-bond acceptors (Lipinski definition) is 5. The molecule has 0 atom stereocenters. The summed E-state index contributed by atoms with van der Waals surface area (Å²) in [6.45, 7) is 9.04. The second-order valence-electron chi connectivity index (χ2n) is 7.40. The van der Waals surface area contributed by atoms with Crippen molar-refractivity contribution in [3.8, 4) is 5.75 Å². The van der Waals surface area contributed by atoms with Crippen LogP contribution in [0.5, 0.6) is 5.75 Å². The maximum atomic E-state index is 12.8. The highest BCUT2D eigenvalue weighted by atomic mass is 16.7. The lowest BCUT2D eigenvalue weighted by atomic mass is 9.90. The van der Waals surface area contributed by atoms with Crippen molar-refractivity contribution in [2.24, 2.45) is 0 Å². The predicted molar refractivity (Wildman–Crippen MR) is 93.6 cm³/mol. The van der Waals surface area contributed by atoms with Crippen LogP contribution in [0.1, 0.15) is 57.4 Å². The van der Waals surface area contributed by atoms with Crippen molar-refractivity contribution in [1.82, 2.24) is 9.88 Å². The summed E-state index contributed by atoms with van der Waals surface area (Å²) in [6, 6.07) is 3.68. The lowest BCUT2D eigenvalue weighted by Crippen LogP contribution is -2.52. The Morgan fingerprint density at radius 3 is 2.40 bits per heavy atom. The number of pyridine rings is 1. The van der Waals surface area contributed by atoms with E-state index in [1.807, 2.05) is 32.6 Å². The van der Waals surface area contributed by atoms with E-state index in [4.69, 9.17) is 14.2 Å². The predicted octanol–water partition coefficient (Wildman–Crippen LogP) is 3.02. The van der Waals surface area contributed by atoms with Gasteiger partial charge in [0.15, 0.2) is 5.79 Å². The minimum absolute atomic E-state index is 0.0833. The van der Waals surface area contributed by atoms with E-state index in [0.717, 1.165) is 19.3 Å². The van der Waals surface area contributed by atoms with Crippen molar-refractivity contribution in [1.29, 1.82) is 0 Å². The molecular formula is C19H28N2O4. The lowest BCUT2D eigenvalue weighted by molar-refractivity contribution is -0.320. The summed E-state index contributed by atoms with van der Waals surface area (Å²) in [6.07, 6.45) is 4.54. The van der Waals surface area contributed by atoms with Gasteiger partial charge in [-0.3, -0.25) is 9.78 Å². The first-order valence-corrected chi connectivity index (χ1v) is 9.13. The molecule has 0 radical (unpaired) electrons. The number of rotatable bonds is 5. The zero-order valence-electron chi connectivity index (χ0n) is 15.5. The molecule has 138 valence electrons. The van der Waals surface area contributed by atoms with Gasteiger partial charge in [0, 0.05) is 37.2 Å². The van der Waals surface area contributed by atoms with E-state index in [2.05, 4.69) is 4.98 Å². The minimum atomic E-state index is -0.353. The van der Waals surface area contributed by atoms with Crippen molar-refractivity contribution in [2.75, 3.05) is 13.2 Å². The molecule has 2 aliphatic rings. The quantitative estimate of drug-likeness (QED) is 0.818. The van der Waals surface area contributed by atoms with Crippen LogP contribution in [0.2, 0.25) is 0 Å². The average molecular weight is 348 g/mol. The molecule has 2 fully saturated rings. The highest BCUT2D eigenvalue weighted by Crippen LogP contribution is 2.39. The molecule has 1 aliphatic heterocycles. The molecule has 1 saturated heterocycles. The fourth-order valence-corrected chi connectivity index (χ4v) is 3.39. The molecular weight excluding hydrogens is 320 g/mol. The molecule has 25 heavy (non-hydrogen) atoms. The zero-order valence-corrected chi connectivity index (χ0v) is 15.5. The second-order valence-corrected chi connectivity index (χ2v) is 7.40.